The van der Waals surface area contributed by atoms with Crippen molar-refractivity contribution >= 4 is 16.8 Å². The minimum atomic E-state index is 0.0492. The van der Waals surface area contributed by atoms with Gasteiger partial charge in [0, 0.05) is 18.0 Å². The van der Waals surface area contributed by atoms with Crippen LogP contribution in [0.1, 0.15) is 5.56 Å². The summed E-state index contributed by atoms with van der Waals surface area (Å²) in [6.45, 7) is 0. The van der Waals surface area contributed by atoms with Crippen molar-refractivity contribution in [2.45, 2.75) is 0 Å². The molecule has 52 valence electrons. The van der Waals surface area contributed by atoms with Gasteiger partial charge < -0.3 is 5.21 Å². The molecular weight excluding hydrogens is 152 g/mol. The van der Waals surface area contributed by atoms with E-state index < -0.39 is 0 Å². The number of pyridine rings is 1. The van der Waals surface area contributed by atoms with E-state index >= 15 is 0 Å². The quantitative estimate of drug-likeness (QED) is 0.380. The summed E-state index contributed by atoms with van der Waals surface area (Å²) in [5.74, 6) is 0. The second-order valence-corrected chi connectivity index (χ2v) is 1.99. The summed E-state index contributed by atoms with van der Waals surface area (Å²) in [6.07, 6.45) is 3.13. The van der Waals surface area contributed by atoms with Crippen LogP contribution in [0.25, 0.3) is 0 Å². The van der Waals surface area contributed by atoms with Gasteiger partial charge in [-0.15, -0.1) is 0 Å². The fourth-order valence-electron chi connectivity index (χ4n) is 0.543. The number of hydrogen-bond acceptors (Lipinski definition) is 3. The van der Waals surface area contributed by atoms with Gasteiger partial charge in [-0.2, -0.15) is 0 Å². The van der Waals surface area contributed by atoms with Gasteiger partial charge in [0.15, 0.2) is 5.17 Å². The SMILES string of the molecule is ON=C(Cl)c1cccnc1. The van der Waals surface area contributed by atoms with Crippen LogP contribution in [0.2, 0.25) is 0 Å². The second kappa shape index (κ2) is 3.17. The Bertz CT molecular complexity index is 235. The zero-order chi connectivity index (χ0) is 7.40. The van der Waals surface area contributed by atoms with Crippen LogP contribution >= 0.6 is 11.6 Å². The number of nitrogens with zero attached hydrogens (tertiary/aromatic N) is 2. The fourth-order valence-corrected chi connectivity index (χ4v) is 0.654. The molecule has 10 heavy (non-hydrogen) atoms. The Kier molecular flexibility index (Phi) is 2.23. The molecule has 0 unspecified atom stereocenters. The number of hydrogen-bond donors (Lipinski definition) is 1. The molecule has 0 saturated heterocycles. The van der Waals surface area contributed by atoms with Crippen molar-refractivity contribution in [2.75, 3.05) is 0 Å². The Hall–Kier alpha value is -1.09. The maximum absolute atomic E-state index is 8.22. The van der Waals surface area contributed by atoms with Crippen molar-refractivity contribution < 1.29 is 5.21 Å². The van der Waals surface area contributed by atoms with Gasteiger partial charge in [0.05, 0.1) is 0 Å². The predicted molar refractivity (Wildman–Crippen MR) is 38.4 cm³/mol. The van der Waals surface area contributed by atoms with Crippen molar-refractivity contribution in [3.05, 3.63) is 30.1 Å². The summed E-state index contributed by atoms with van der Waals surface area (Å²) in [7, 11) is 0. The number of halogens is 1. The van der Waals surface area contributed by atoms with Gasteiger partial charge in [-0.25, -0.2) is 0 Å². The zero-order valence-corrected chi connectivity index (χ0v) is 5.78. The van der Waals surface area contributed by atoms with Crippen LogP contribution in [-0.4, -0.2) is 15.4 Å². The summed E-state index contributed by atoms with van der Waals surface area (Å²) in [5, 5.41) is 11.1. The molecule has 0 aliphatic carbocycles. The first-order valence-electron chi connectivity index (χ1n) is 2.62. The van der Waals surface area contributed by atoms with Gasteiger partial charge in [-0.05, 0) is 12.1 Å². The Morgan fingerprint density at radius 2 is 2.50 bits per heavy atom. The summed E-state index contributed by atoms with van der Waals surface area (Å²) in [4.78, 5) is 3.78. The summed E-state index contributed by atoms with van der Waals surface area (Å²) in [6, 6.07) is 3.41. The summed E-state index contributed by atoms with van der Waals surface area (Å²) in [5.41, 5.74) is 0.603. The molecule has 1 aromatic rings. The number of aromatic nitrogens is 1. The van der Waals surface area contributed by atoms with Gasteiger partial charge in [-0.3, -0.25) is 4.98 Å². The second-order valence-electron chi connectivity index (χ2n) is 1.63. The molecule has 0 aliphatic rings. The van der Waals surface area contributed by atoms with Crippen molar-refractivity contribution in [3.63, 3.8) is 0 Å². The first-order valence-corrected chi connectivity index (χ1v) is 3.00. The van der Waals surface area contributed by atoms with Gasteiger partial charge in [0.1, 0.15) is 0 Å². The van der Waals surface area contributed by atoms with Gasteiger partial charge in [0.2, 0.25) is 0 Å². The zero-order valence-electron chi connectivity index (χ0n) is 5.03. The summed E-state index contributed by atoms with van der Waals surface area (Å²) < 4.78 is 0. The van der Waals surface area contributed by atoms with Crippen molar-refractivity contribution in [1.29, 1.82) is 0 Å². The largest absolute Gasteiger partial charge is 0.410 e. The molecule has 0 spiro atoms. The molecule has 4 heteroatoms. The van der Waals surface area contributed by atoms with E-state index in [4.69, 9.17) is 16.8 Å². The van der Waals surface area contributed by atoms with E-state index in [9.17, 15) is 0 Å². The van der Waals surface area contributed by atoms with Gasteiger partial charge in [0.25, 0.3) is 0 Å². The fraction of sp³-hybridized carbons (Fsp3) is 0. The lowest BCUT2D eigenvalue weighted by molar-refractivity contribution is 0.321. The molecule has 0 bridgehead atoms. The Morgan fingerprint density at radius 1 is 1.70 bits per heavy atom. The van der Waals surface area contributed by atoms with Crippen molar-refractivity contribution in [2.24, 2.45) is 5.16 Å². The lowest BCUT2D eigenvalue weighted by Crippen LogP contribution is -1.90. The normalized spacial score (nSPS) is 11.5. The summed E-state index contributed by atoms with van der Waals surface area (Å²) >= 11 is 5.45. The Balaban J connectivity index is 2.96. The molecule has 0 aromatic carbocycles. The first-order chi connectivity index (χ1) is 4.84. The highest BCUT2D eigenvalue weighted by molar-refractivity contribution is 6.69. The minimum absolute atomic E-state index is 0.0492. The highest BCUT2D eigenvalue weighted by atomic mass is 35.5. The smallest absolute Gasteiger partial charge is 0.176 e. The molecule has 0 saturated carbocycles. The highest BCUT2D eigenvalue weighted by Crippen LogP contribution is 2.01. The lowest BCUT2D eigenvalue weighted by atomic mass is 10.3. The van der Waals surface area contributed by atoms with Crippen LogP contribution in [-0.2, 0) is 0 Å². The van der Waals surface area contributed by atoms with E-state index in [1.807, 2.05) is 0 Å². The van der Waals surface area contributed by atoms with Crippen LogP contribution < -0.4 is 0 Å². The number of rotatable bonds is 1. The minimum Gasteiger partial charge on any atom is -0.410 e. The van der Waals surface area contributed by atoms with Crippen LogP contribution in [0.4, 0.5) is 0 Å². The topological polar surface area (TPSA) is 45.5 Å². The maximum atomic E-state index is 8.22. The molecule has 3 nitrogen and oxygen atoms in total. The molecule has 1 rings (SSSR count). The average molecular weight is 157 g/mol. The predicted octanol–water partition coefficient (Wildman–Crippen LogP) is 1.46. The maximum Gasteiger partial charge on any atom is 0.176 e. The average Bonchev–Trinajstić information content (AvgIpc) is 2.05. The monoisotopic (exact) mass is 156 g/mol. The molecule has 0 radical (unpaired) electrons. The van der Waals surface area contributed by atoms with Gasteiger partial charge in [-0.1, -0.05) is 16.8 Å². The van der Waals surface area contributed by atoms with Crippen LogP contribution in [0, 0.1) is 0 Å². The molecule has 1 heterocycles. The lowest BCUT2D eigenvalue weighted by Gasteiger charge is -1.91. The van der Waals surface area contributed by atoms with E-state index in [0.717, 1.165) is 0 Å². The first kappa shape index (κ1) is 7.02. The molecular formula is C6H5ClN2O. The van der Waals surface area contributed by atoms with Crippen LogP contribution in [0.3, 0.4) is 0 Å². The Labute approximate surface area is 63.0 Å². The van der Waals surface area contributed by atoms with E-state index in [0.29, 0.717) is 5.56 Å². The van der Waals surface area contributed by atoms with E-state index in [1.54, 1.807) is 18.3 Å². The molecule has 0 aliphatic heterocycles. The van der Waals surface area contributed by atoms with Crippen LogP contribution in [0.5, 0.6) is 0 Å². The third kappa shape index (κ3) is 1.45. The molecule has 1 N–H and O–H groups in total. The molecule has 1 aromatic heterocycles. The number of oxime groups is 1. The van der Waals surface area contributed by atoms with E-state index in [-0.39, 0.29) is 5.17 Å². The Morgan fingerprint density at radius 3 is 3.00 bits per heavy atom. The van der Waals surface area contributed by atoms with Gasteiger partial charge >= 0.3 is 0 Å². The standard InChI is InChI=1S/C6H5ClN2O/c7-6(9-10)5-2-1-3-8-4-5/h1-4,10H. The third-order valence-corrected chi connectivity index (χ3v) is 1.28. The molecule has 0 atom stereocenters. The molecule has 0 fully saturated rings. The van der Waals surface area contributed by atoms with Crippen LogP contribution in [0.15, 0.2) is 29.7 Å². The third-order valence-electron chi connectivity index (χ3n) is 0.988. The highest BCUT2D eigenvalue weighted by Gasteiger charge is 1.96. The van der Waals surface area contributed by atoms with Crippen molar-refractivity contribution in [1.82, 2.24) is 4.98 Å². The molecule has 0 amide bonds. The van der Waals surface area contributed by atoms with E-state index in [2.05, 4.69) is 10.1 Å². The van der Waals surface area contributed by atoms with Crippen molar-refractivity contribution in [3.8, 4) is 0 Å². The van der Waals surface area contributed by atoms with E-state index in [1.165, 1.54) is 6.20 Å².